The molecule has 3 rings (SSSR count). The van der Waals surface area contributed by atoms with E-state index in [9.17, 15) is 4.39 Å². The van der Waals surface area contributed by atoms with E-state index in [1.165, 1.54) is 12.1 Å². The SMILES string of the molecule is CCC(N)c1nc2ccc(F)cc2n1-c1ccccc1. The molecule has 0 fully saturated rings. The number of fused-ring (bicyclic) bond motifs is 1. The minimum Gasteiger partial charge on any atom is -0.321 e. The molecule has 0 spiro atoms. The van der Waals surface area contributed by atoms with E-state index >= 15 is 0 Å². The fourth-order valence-corrected chi connectivity index (χ4v) is 2.35. The molecule has 0 saturated carbocycles. The molecule has 0 aliphatic carbocycles. The number of hydrogen-bond donors (Lipinski definition) is 1. The molecule has 0 saturated heterocycles. The Kier molecular flexibility index (Phi) is 3.24. The van der Waals surface area contributed by atoms with Gasteiger partial charge in [0.25, 0.3) is 0 Å². The number of nitrogens with zero attached hydrogens (tertiary/aromatic N) is 2. The zero-order valence-corrected chi connectivity index (χ0v) is 11.3. The van der Waals surface area contributed by atoms with E-state index in [1.54, 1.807) is 6.07 Å². The fourth-order valence-electron chi connectivity index (χ4n) is 2.35. The van der Waals surface area contributed by atoms with Gasteiger partial charge in [0.2, 0.25) is 0 Å². The lowest BCUT2D eigenvalue weighted by molar-refractivity contribution is 0.627. The van der Waals surface area contributed by atoms with Crippen molar-refractivity contribution < 1.29 is 4.39 Å². The summed E-state index contributed by atoms with van der Waals surface area (Å²) in [5.41, 5.74) is 8.61. The molecule has 0 aliphatic heterocycles. The van der Waals surface area contributed by atoms with Gasteiger partial charge in [0.1, 0.15) is 11.6 Å². The van der Waals surface area contributed by atoms with Crippen molar-refractivity contribution in [2.24, 2.45) is 5.73 Å². The van der Waals surface area contributed by atoms with Gasteiger partial charge in [-0.1, -0.05) is 25.1 Å². The van der Waals surface area contributed by atoms with Crippen molar-refractivity contribution in [3.8, 4) is 5.69 Å². The summed E-state index contributed by atoms with van der Waals surface area (Å²) >= 11 is 0. The number of nitrogens with two attached hydrogens (primary N) is 1. The van der Waals surface area contributed by atoms with Crippen molar-refractivity contribution in [2.45, 2.75) is 19.4 Å². The summed E-state index contributed by atoms with van der Waals surface area (Å²) in [7, 11) is 0. The zero-order valence-electron chi connectivity index (χ0n) is 11.3. The first-order chi connectivity index (χ1) is 9.70. The standard InChI is InChI=1S/C16H16FN3/c1-2-13(18)16-19-14-9-8-11(17)10-15(14)20(16)12-6-4-3-5-7-12/h3-10,13H,2,18H2,1H3. The summed E-state index contributed by atoms with van der Waals surface area (Å²) in [5.74, 6) is 0.491. The van der Waals surface area contributed by atoms with E-state index in [0.29, 0.717) is 0 Å². The van der Waals surface area contributed by atoms with Crippen LogP contribution in [0.1, 0.15) is 25.2 Å². The summed E-state index contributed by atoms with van der Waals surface area (Å²) in [6.45, 7) is 2.01. The molecule has 4 heteroatoms. The summed E-state index contributed by atoms with van der Waals surface area (Å²) < 4.78 is 15.5. The second-order valence-corrected chi connectivity index (χ2v) is 4.79. The highest BCUT2D eigenvalue weighted by Crippen LogP contribution is 2.26. The number of aromatic nitrogens is 2. The summed E-state index contributed by atoms with van der Waals surface area (Å²) in [4.78, 5) is 4.57. The van der Waals surface area contributed by atoms with Gasteiger partial charge in [0, 0.05) is 11.8 Å². The molecular weight excluding hydrogens is 253 g/mol. The molecule has 1 heterocycles. The summed E-state index contributed by atoms with van der Waals surface area (Å²) in [6, 6.07) is 14.2. The van der Waals surface area contributed by atoms with Gasteiger partial charge in [-0.15, -0.1) is 0 Å². The maximum Gasteiger partial charge on any atom is 0.131 e. The van der Waals surface area contributed by atoms with Gasteiger partial charge in [-0.05, 0) is 30.7 Å². The molecule has 20 heavy (non-hydrogen) atoms. The predicted octanol–water partition coefficient (Wildman–Crippen LogP) is 3.57. The van der Waals surface area contributed by atoms with Crippen molar-refractivity contribution in [3.05, 3.63) is 60.2 Å². The molecule has 1 atom stereocenters. The lowest BCUT2D eigenvalue weighted by Crippen LogP contribution is -2.15. The molecule has 3 nitrogen and oxygen atoms in total. The normalized spacial score (nSPS) is 12.8. The second-order valence-electron chi connectivity index (χ2n) is 4.79. The van der Waals surface area contributed by atoms with Crippen LogP contribution in [0.3, 0.4) is 0 Å². The topological polar surface area (TPSA) is 43.8 Å². The Balaban J connectivity index is 2.33. The van der Waals surface area contributed by atoms with E-state index in [4.69, 9.17) is 5.73 Å². The summed E-state index contributed by atoms with van der Waals surface area (Å²) in [5, 5.41) is 0. The van der Waals surface area contributed by atoms with Crippen LogP contribution < -0.4 is 5.73 Å². The van der Waals surface area contributed by atoms with Gasteiger partial charge in [-0.25, -0.2) is 9.37 Å². The predicted molar refractivity (Wildman–Crippen MR) is 78.2 cm³/mol. The molecule has 1 aromatic heterocycles. The van der Waals surface area contributed by atoms with Crippen molar-refractivity contribution in [3.63, 3.8) is 0 Å². The lowest BCUT2D eigenvalue weighted by atomic mass is 10.2. The van der Waals surface area contributed by atoms with Crippen molar-refractivity contribution >= 4 is 11.0 Å². The van der Waals surface area contributed by atoms with Crippen LogP contribution in [-0.4, -0.2) is 9.55 Å². The molecule has 102 valence electrons. The Labute approximate surface area is 116 Å². The third-order valence-corrected chi connectivity index (χ3v) is 3.43. The number of imidazole rings is 1. The molecule has 0 amide bonds. The monoisotopic (exact) mass is 269 g/mol. The molecule has 0 aliphatic rings. The first-order valence-corrected chi connectivity index (χ1v) is 6.69. The fraction of sp³-hybridized carbons (Fsp3) is 0.188. The third kappa shape index (κ3) is 2.08. The van der Waals surface area contributed by atoms with Gasteiger partial charge in [0.15, 0.2) is 0 Å². The molecule has 3 aromatic rings. The largest absolute Gasteiger partial charge is 0.321 e. The van der Waals surface area contributed by atoms with Crippen LogP contribution in [0.2, 0.25) is 0 Å². The molecule has 0 bridgehead atoms. The molecule has 1 unspecified atom stereocenters. The minimum atomic E-state index is -0.272. The lowest BCUT2D eigenvalue weighted by Gasteiger charge is -2.13. The zero-order chi connectivity index (χ0) is 14.1. The molecule has 0 radical (unpaired) electrons. The molecular formula is C16H16FN3. The maximum atomic E-state index is 13.6. The van der Waals surface area contributed by atoms with Crippen LogP contribution in [-0.2, 0) is 0 Å². The quantitative estimate of drug-likeness (QED) is 0.790. The number of benzene rings is 2. The van der Waals surface area contributed by atoms with E-state index in [2.05, 4.69) is 4.98 Å². The number of rotatable bonds is 3. The van der Waals surface area contributed by atoms with Crippen LogP contribution in [0.25, 0.3) is 16.7 Å². The molecule has 2 N–H and O–H groups in total. The van der Waals surface area contributed by atoms with Gasteiger partial charge in [-0.3, -0.25) is 4.57 Å². The van der Waals surface area contributed by atoms with Crippen LogP contribution in [0.15, 0.2) is 48.5 Å². The van der Waals surface area contributed by atoms with Gasteiger partial charge in [0.05, 0.1) is 17.1 Å². The Hall–Kier alpha value is -2.20. The van der Waals surface area contributed by atoms with E-state index in [1.807, 2.05) is 41.8 Å². The smallest absolute Gasteiger partial charge is 0.131 e. The van der Waals surface area contributed by atoms with E-state index in [0.717, 1.165) is 29.0 Å². The van der Waals surface area contributed by atoms with Gasteiger partial charge < -0.3 is 5.73 Å². The van der Waals surface area contributed by atoms with E-state index < -0.39 is 0 Å². The third-order valence-electron chi connectivity index (χ3n) is 3.43. The molecule has 2 aromatic carbocycles. The Bertz CT molecular complexity index is 734. The number of para-hydroxylation sites is 1. The average molecular weight is 269 g/mol. The van der Waals surface area contributed by atoms with E-state index in [-0.39, 0.29) is 11.9 Å². The Morgan fingerprint density at radius 3 is 2.65 bits per heavy atom. The Morgan fingerprint density at radius 1 is 1.20 bits per heavy atom. The van der Waals surface area contributed by atoms with Gasteiger partial charge >= 0.3 is 0 Å². The highest BCUT2D eigenvalue weighted by atomic mass is 19.1. The summed E-state index contributed by atoms with van der Waals surface area (Å²) in [6.07, 6.45) is 0.776. The van der Waals surface area contributed by atoms with Crippen LogP contribution in [0.5, 0.6) is 0 Å². The van der Waals surface area contributed by atoms with Crippen LogP contribution >= 0.6 is 0 Å². The highest BCUT2D eigenvalue weighted by molar-refractivity contribution is 5.78. The second kappa shape index (κ2) is 5.06. The van der Waals surface area contributed by atoms with Crippen molar-refractivity contribution in [2.75, 3.05) is 0 Å². The minimum absolute atomic E-state index is 0.175. The van der Waals surface area contributed by atoms with Crippen LogP contribution in [0, 0.1) is 5.82 Å². The highest BCUT2D eigenvalue weighted by Gasteiger charge is 2.17. The number of halogens is 1. The van der Waals surface area contributed by atoms with Crippen molar-refractivity contribution in [1.82, 2.24) is 9.55 Å². The van der Waals surface area contributed by atoms with Crippen LogP contribution in [0.4, 0.5) is 4.39 Å². The maximum absolute atomic E-state index is 13.6. The number of hydrogen-bond acceptors (Lipinski definition) is 2. The van der Waals surface area contributed by atoms with Crippen molar-refractivity contribution in [1.29, 1.82) is 0 Å². The average Bonchev–Trinajstić information content (AvgIpc) is 2.85. The Morgan fingerprint density at radius 2 is 1.95 bits per heavy atom. The van der Waals surface area contributed by atoms with Gasteiger partial charge in [-0.2, -0.15) is 0 Å². The first kappa shape index (κ1) is 12.8. The first-order valence-electron chi connectivity index (χ1n) is 6.69.